The number of ketones is 6. The zero-order chi connectivity index (χ0) is 86.4. The van der Waals surface area contributed by atoms with Gasteiger partial charge >= 0.3 is 17.9 Å². The van der Waals surface area contributed by atoms with Crippen molar-refractivity contribution in [2.45, 2.75) is 257 Å². The fraction of sp³-hybridized carbons (Fsp3) is 0.692. The Balaban J connectivity index is 2.59. The van der Waals surface area contributed by atoms with E-state index < -0.39 is 279 Å². The Morgan fingerprint density at radius 2 is 1.05 bits per heavy atom. The molecule has 2 rings (SSSR count). The van der Waals surface area contributed by atoms with Gasteiger partial charge in [0, 0.05) is 93.0 Å². The molecule has 19 N–H and O–H groups in total. The number of carbonyl (C=O) groups excluding carboxylic acids is 13. The minimum absolute atomic E-state index is 0.0665. The second-order valence-corrected chi connectivity index (χ2v) is 32.9. The van der Waals surface area contributed by atoms with Gasteiger partial charge in [0.1, 0.15) is 30.2 Å². The van der Waals surface area contributed by atoms with Crippen molar-refractivity contribution in [2.24, 2.45) is 76.4 Å². The second-order valence-electron chi connectivity index (χ2n) is 30.3. The minimum atomic E-state index is -1.92. The van der Waals surface area contributed by atoms with Gasteiger partial charge in [-0.1, -0.05) is 120 Å². The van der Waals surface area contributed by atoms with Gasteiger partial charge in [-0.05, 0) is 74.7 Å². The Morgan fingerprint density at radius 3 is 1.61 bits per heavy atom. The standard InChI is InChI=1S/C78H120N8O26S2/c1-11-14-20-47(31-59(91)54(29-45-18-16-15-17-19-45)83-75(108)49(34-66(98)99)32-57(89)52(79)22-23-64(80)95)73(106)86-68(43(9)13-3)62(94)36-51(44(10)88)77(110)84-55(37-67(100)101)61(93)35-50(42(8)12-2)76(109)85-56(39-114-113-26-25-111-78-71(104)70(103)69(102)63(38-87)112-78)60(92)33-48(27-40(4)5)74(107)82-53(28-41(6)7)58(90)30-46(72(81)105)21-24-65(96)97/h1,15-19,40-44,46-56,63,68-71,78,87-88,102-104H,12-14,20-39,79H2,2-10H3,(H2,80,95)(H2,81,105)(H,82,107)(H,83,108)(H,84,110)(H,85,109)(H,86,106)(H,96,97)(H,98,99)(H,100,101)/t42?,43?,44?,46-,47-,48-,49+,50+,51+,52+,53+,54+,55+,56+,63?,68+,69-,70+,71?,78+/m1/s1. The third-order valence-electron chi connectivity index (χ3n) is 20.0. The smallest absolute Gasteiger partial charge is 0.305 e. The molecule has 0 saturated carbocycles. The lowest BCUT2D eigenvalue weighted by molar-refractivity contribution is -0.299. The number of nitrogens with two attached hydrogens (primary N) is 3. The predicted molar refractivity (Wildman–Crippen MR) is 418 cm³/mol. The fourth-order valence-electron chi connectivity index (χ4n) is 12.8. The third kappa shape index (κ3) is 36.8. The van der Waals surface area contributed by atoms with Crippen LogP contribution in [0.1, 0.15) is 183 Å². The van der Waals surface area contributed by atoms with E-state index in [2.05, 4.69) is 32.5 Å². The van der Waals surface area contributed by atoms with Crippen molar-refractivity contribution < 1.29 is 127 Å². The lowest BCUT2D eigenvalue weighted by Gasteiger charge is -2.39. The van der Waals surface area contributed by atoms with Crippen molar-refractivity contribution in [2.75, 3.05) is 24.7 Å². The molecular formula is C78H120N8O26S2. The van der Waals surface area contributed by atoms with Gasteiger partial charge in [0.25, 0.3) is 0 Å². The maximum absolute atomic E-state index is 14.9. The van der Waals surface area contributed by atoms with Crippen molar-refractivity contribution in [1.82, 2.24) is 26.6 Å². The minimum Gasteiger partial charge on any atom is -0.481 e. The summed E-state index contributed by atoms with van der Waals surface area (Å²) >= 11 is 0. The number of nitrogens with one attached hydrogen (secondary N) is 5. The van der Waals surface area contributed by atoms with Crippen molar-refractivity contribution in [3.8, 4) is 12.3 Å². The number of amides is 7. The van der Waals surface area contributed by atoms with E-state index in [1.807, 2.05) is 0 Å². The Kier molecular flexibility index (Phi) is 46.9. The lowest BCUT2D eigenvalue weighted by Crippen LogP contribution is -2.59. The SMILES string of the molecule is C#CCC[C@H](CC(=O)[C@H](Cc1ccccc1)NC(=O)[C@H](CC(=O)O)CC(=O)[C@@H](N)CCC(N)=O)C(=O)N[C@H](C(=O)C[C@H](C(=O)N[C@@H](CC(=O)O)C(=O)C[C@H](C(=O)N[C@@H](CSSCCO[C@H]1OC(CO)[C@@H](O)[C@H](O)C1O)C(=O)C[C@@H](CC(C)C)C(=O)N[C@@H](CC(C)C)C(=O)C[C@@H](CCC(=O)O)C(N)=O)C(C)CC)C(C)O)C(C)CC. The Bertz CT molecular complexity index is 3430. The van der Waals surface area contributed by atoms with Gasteiger partial charge in [0.2, 0.25) is 41.4 Å². The van der Waals surface area contributed by atoms with E-state index in [0.717, 1.165) is 28.5 Å². The molecule has 7 amide bonds. The van der Waals surface area contributed by atoms with Crippen molar-refractivity contribution in [3.63, 3.8) is 0 Å². The largest absolute Gasteiger partial charge is 0.481 e. The first-order chi connectivity index (χ1) is 53.5. The summed E-state index contributed by atoms with van der Waals surface area (Å²) in [5.41, 5.74) is 17.2. The van der Waals surface area contributed by atoms with E-state index in [0.29, 0.717) is 5.56 Å². The second kappa shape index (κ2) is 52.5. The number of ether oxygens (including phenoxy) is 2. The highest BCUT2D eigenvalue weighted by Gasteiger charge is 2.45. The Labute approximate surface area is 672 Å². The van der Waals surface area contributed by atoms with Gasteiger partial charge in [-0.15, -0.1) is 12.3 Å². The summed E-state index contributed by atoms with van der Waals surface area (Å²) in [6, 6.07) is -0.473. The quantitative estimate of drug-likeness (QED) is 0.0247. The number of aliphatic hydroxyl groups excluding tert-OH is 5. The van der Waals surface area contributed by atoms with Crippen LogP contribution in [0.4, 0.5) is 0 Å². The molecule has 5 unspecified atom stereocenters. The monoisotopic (exact) mass is 1650 g/mol. The van der Waals surface area contributed by atoms with Gasteiger partial charge in [0.05, 0.1) is 80.2 Å². The predicted octanol–water partition coefficient (Wildman–Crippen LogP) is 1.17. The molecule has 640 valence electrons. The summed E-state index contributed by atoms with van der Waals surface area (Å²) in [6.07, 6.45) is -10.8. The van der Waals surface area contributed by atoms with Crippen LogP contribution in [0, 0.1) is 71.5 Å². The molecule has 1 aliphatic rings. The Morgan fingerprint density at radius 1 is 0.535 bits per heavy atom. The normalized spacial score (nSPS) is 19.5. The molecule has 20 atom stereocenters. The van der Waals surface area contributed by atoms with Crippen LogP contribution in [-0.2, 0) is 92.6 Å². The molecule has 1 heterocycles. The first kappa shape index (κ1) is 102. The number of carboxylic acid groups (broad SMARTS) is 3. The molecule has 1 aromatic rings. The third-order valence-corrected chi connectivity index (χ3v) is 22.4. The first-order valence-electron chi connectivity index (χ1n) is 38.5. The molecule has 1 saturated heterocycles. The molecule has 36 heteroatoms. The van der Waals surface area contributed by atoms with Crippen LogP contribution in [0.25, 0.3) is 0 Å². The molecule has 0 bridgehead atoms. The van der Waals surface area contributed by atoms with Gasteiger partial charge in [-0.3, -0.25) is 76.7 Å². The molecular weight excluding hydrogens is 1530 g/mol. The van der Waals surface area contributed by atoms with E-state index in [1.165, 1.54) is 0 Å². The van der Waals surface area contributed by atoms with Crippen LogP contribution < -0.4 is 43.8 Å². The summed E-state index contributed by atoms with van der Waals surface area (Å²) in [5.74, 6) is -23.2. The van der Waals surface area contributed by atoms with Crippen LogP contribution >= 0.6 is 21.6 Å². The molecule has 1 fully saturated rings. The molecule has 0 radical (unpaired) electrons. The molecule has 114 heavy (non-hydrogen) atoms. The maximum Gasteiger partial charge on any atom is 0.305 e. The maximum atomic E-state index is 14.9. The molecule has 1 aliphatic heterocycles. The van der Waals surface area contributed by atoms with Crippen LogP contribution in [0.15, 0.2) is 30.3 Å². The molecule has 34 nitrogen and oxygen atoms in total. The van der Waals surface area contributed by atoms with Crippen molar-refractivity contribution in [1.29, 1.82) is 0 Å². The number of benzene rings is 1. The zero-order valence-electron chi connectivity index (χ0n) is 66.4. The van der Waals surface area contributed by atoms with Crippen LogP contribution in [0.5, 0.6) is 0 Å². The number of hydrogen-bond donors (Lipinski definition) is 16. The van der Waals surface area contributed by atoms with E-state index >= 15 is 0 Å². The highest BCUT2D eigenvalue weighted by molar-refractivity contribution is 8.76. The van der Waals surface area contributed by atoms with Gasteiger partial charge in [-0.25, -0.2) is 0 Å². The van der Waals surface area contributed by atoms with Gasteiger partial charge in [-0.2, -0.15) is 0 Å². The van der Waals surface area contributed by atoms with E-state index in [-0.39, 0.29) is 94.2 Å². The first-order valence-corrected chi connectivity index (χ1v) is 41.0. The number of carboxylic acids is 3. The zero-order valence-corrected chi connectivity index (χ0v) is 68.0. The topological polar surface area (TPSA) is 592 Å². The molecule has 0 aliphatic carbocycles. The molecule has 1 aromatic carbocycles. The number of aliphatic carboxylic acids is 3. The average molecular weight is 1650 g/mol. The number of hydrogen-bond acceptors (Lipinski definition) is 26. The van der Waals surface area contributed by atoms with Gasteiger partial charge < -0.3 is 94.1 Å². The summed E-state index contributed by atoms with van der Waals surface area (Å²) < 4.78 is 11.0. The highest BCUT2D eigenvalue weighted by atomic mass is 33.1. The van der Waals surface area contributed by atoms with E-state index in [1.54, 1.807) is 85.7 Å². The van der Waals surface area contributed by atoms with Gasteiger partial charge in [0.15, 0.2) is 35.2 Å². The average Bonchev–Trinajstić information content (AvgIpc) is 0.818. The number of rotatable bonds is 60. The van der Waals surface area contributed by atoms with Crippen molar-refractivity contribution in [3.05, 3.63) is 35.9 Å². The summed E-state index contributed by atoms with van der Waals surface area (Å²) in [6.45, 7) is 13.9. The van der Waals surface area contributed by atoms with E-state index in [4.69, 9.17) is 33.1 Å². The number of carbonyl (C=O) groups is 16. The lowest BCUT2D eigenvalue weighted by atomic mass is 9.84. The number of Topliss-reactive ketones (excluding diaryl/α,β-unsaturated/α-hetero) is 6. The van der Waals surface area contributed by atoms with Crippen LogP contribution in [0.2, 0.25) is 0 Å². The molecule has 0 spiro atoms. The fourth-order valence-corrected chi connectivity index (χ4v) is 14.8. The Hall–Kier alpha value is -8.12. The number of aliphatic hydroxyl groups is 5. The number of primary amides is 2. The highest BCUT2D eigenvalue weighted by Crippen LogP contribution is 2.30. The van der Waals surface area contributed by atoms with E-state index in [9.17, 15) is 118 Å². The summed E-state index contributed by atoms with van der Waals surface area (Å²) in [7, 11) is 2.14. The molecule has 0 aromatic heterocycles. The van der Waals surface area contributed by atoms with Crippen LogP contribution in [-0.4, -0.2) is 233 Å². The number of terminal acetylenes is 1. The van der Waals surface area contributed by atoms with Crippen LogP contribution in [0.3, 0.4) is 0 Å². The summed E-state index contributed by atoms with van der Waals surface area (Å²) in [4.78, 5) is 218. The summed E-state index contributed by atoms with van der Waals surface area (Å²) in [5, 5.41) is 94.2. The van der Waals surface area contributed by atoms with Crippen molar-refractivity contribution >= 4 is 116 Å².